The number of nitrogens with zero attached hydrogens (tertiary/aromatic N) is 3. The van der Waals surface area contributed by atoms with E-state index in [-0.39, 0.29) is 11.7 Å². The number of halogens is 3. The van der Waals surface area contributed by atoms with Crippen LogP contribution in [0.4, 0.5) is 18.9 Å². The van der Waals surface area contributed by atoms with Crippen LogP contribution in [0.5, 0.6) is 5.75 Å². The SMILES string of the molecule is CCN1CCN(Cc2ccccc2CN=C(N)Nc2ccc(OC(F)(F)F)cc2)CC1. The molecule has 1 heterocycles. The van der Waals surface area contributed by atoms with Crippen LogP contribution in [0.15, 0.2) is 53.5 Å². The van der Waals surface area contributed by atoms with Crippen molar-refractivity contribution in [2.24, 2.45) is 10.7 Å². The van der Waals surface area contributed by atoms with Crippen molar-refractivity contribution >= 4 is 11.6 Å². The van der Waals surface area contributed by atoms with Crippen molar-refractivity contribution in [2.75, 3.05) is 38.0 Å². The molecule has 2 aromatic rings. The standard InChI is InChI=1S/C22H28F3N5O/c1-2-29-11-13-30(14-12-29)16-18-6-4-3-5-17(18)15-27-21(26)28-19-7-9-20(10-8-19)31-22(23,24)25/h3-10H,2,11-16H2,1H3,(H3,26,27,28). The minimum Gasteiger partial charge on any atom is -0.406 e. The maximum Gasteiger partial charge on any atom is 0.573 e. The molecule has 1 aliphatic heterocycles. The summed E-state index contributed by atoms with van der Waals surface area (Å²) in [4.78, 5) is 9.29. The first-order valence-electron chi connectivity index (χ1n) is 10.3. The Bertz CT molecular complexity index is 862. The van der Waals surface area contributed by atoms with Crippen LogP contribution >= 0.6 is 0 Å². The highest BCUT2D eigenvalue weighted by molar-refractivity contribution is 5.92. The van der Waals surface area contributed by atoms with E-state index in [1.54, 1.807) is 0 Å². The Morgan fingerprint density at radius 1 is 1.00 bits per heavy atom. The van der Waals surface area contributed by atoms with Crippen LogP contribution in [-0.4, -0.2) is 54.8 Å². The van der Waals surface area contributed by atoms with E-state index in [2.05, 4.69) is 37.8 Å². The summed E-state index contributed by atoms with van der Waals surface area (Å²) in [7, 11) is 0. The number of alkyl halides is 3. The number of benzene rings is 2. The summed E-state index contributed by atoms with van der Waals surface area (Å²) >= 11 is 0. The van der Waals surface area contributed by atoms with Gasteiger partial charge in [0.05, 0.1) is 6.54 Å². The lowest BCUT2D eigenvalue weighted by atomic mass is 10.1. The number of ether oxygens (including phenoxy) is 1. The van der Waals surface area contributed by atoms with Crippen LogP contribution in [0, 0.1) is 0 Å². The molecule has 0 aromatic heterocycles. The third kappa shape index (κ3) is 7.45. The number of nitrogens with one attached hydrogen (secondary N) is 1. The average Bonchev–Trinajstić information content (AvgIpc) is 2.74. The van der Waals surface area contributed by atoms with E-state index in [1.807, 2.05) is 18.2 Å². The molecular weight excluding hydrogens is 407 g/mol. The van der Waals surface area contributed by atoms with E-state index >= 15 is 0 Å². The van der Waals surface area contributed by atoms with Crippen LogP contribution < -0.4 is 15.8 Å². The minimum atomic E-state index is -4.72. The first-order chi connectivity index (χ1) is 14.8. The minimum absolute atomic E-state index is 0.191. The predicted molar refractivity (Wildman–Crippen MR) is 116 cm³/mol. The zero-order valence-corrected chi connectivity index (χ0v) is 17.5. The van der Waals surface area contributed by atoms with Crippen molar-refractivity contribution < 1.29 is 17.9 Å². The third-order valence-corrected chi connectivity index (χ3v) is 5.20. The summed E-state index contributed by atoms with van der Waals surface area (Å²) in [5.41, 5.74) is 8.81. The number of likely N-dealkylation sites (N-methyl/N-ethyl adjacent to an activating group) is 1. The molecule has 1 saturated heterocycles. The van der Waals surface area contributed by atoms with Gasteiger partial charge >= 0.3 is 6.36 Å². The summed E-state index contributed by atoms with van der Waals surface area (Å²) in [5, 5.41) is 2.89. The largest absolute Gasteiger partial charge is 0.573 e. The summed E-state index contributed by atoms with van der Waals surface area (Å²) in [5.74, 6) is -0.0990. The van der Waals surface area contributed by atoms with E-state index in [9.17, 15) is 13.2 Å². The van der Waals surface area contributed by atoms with Gasteiger partial charge in [-0.05, 0) is 41.9 Å². The number of nitrogens with two attached hydrogens (primary N) is 1. The fraction of sp³-hybridized carbons (Fsp3) is 0.409. The summed E-state index contributed by atoms with van der Waals surface area (Å²) in [6.45, 7) is 8.82. The quantitative estimate of drug-likeness (QED) is 0.513. The topological polar surface area (TPSA) is 66.1 Å². The molecule has 0 bridgehead atoms. The average molecular weight is 435 g/mol. The second-order valence-corrected chi connectivity index (χ2v) is 7.38. The molecule has 1 aliphatic rings. The van der Waals surface area contributed by atoms with E-state index in [4.69, 9.17) is 5.73 Å². The number of aliphatic imine (C=N–C) groups is 1. The van der Waals surface area contributed by atoms with Gasteiger partial charge in [0.1, 0.15) is 5.75 Å². The molecule has 2 aromatic carbocycles. The Balaban J connectivity index is 1.56. The van der Waals surface area contributed by atoms with Gasteiger partial charge in [0, 0.05) is 38.4 Å². The van der Waals surface area contributed by atoms with Crippen molar-refractivity contribution in [3.63, 3.8) is 0 Å². The number of hydrogen-bond donors (Lipinski definition) is 2. The summed E-state index contributed by atoms with van der Waals surface area (Å²) < 4.78 is 40.6. The third-order valence-electron chi connectivity index (χ3n) is 5.20. The van der Waals surface area contributed by atoms with E-state index < -0.39 is 6.36 Å². The lowest BCUT2D eigenvalue weighted by Crippen LogP contribution is -2.45. The van der Waals surface area contributed by atoms with Crippen molar-refractivity contribution in [3.8, 4) is 5.75 Å². The van der Waals surface area contributed by atoms with Crippen LogP contribution in [0.3, 0.4) is 0 Å². The molecule has 0 amide bonds. The molecule has 1 fully saturated rings. The van der Waals surface area contributed by atoms with E-state index in [0.29, 0.717) is 12.2 Å². The molecular formula is C22H28F3N5O. The Hall–Kier alpha value is -2.78. The van der Waals surface area contributed by atoms with E-state index in [0.717, 1.165) is 44.8 Å². The molecule has 3 N–H and O–H groups in total. The van der Waals surface area contributed by atoms with Gasteiger partial charge in [-0.2, -0.15) is 0 Å². The highest BCUT2D eigenvalue weighted by Crippen LogP contribution is 2.24. The molecule has 0 radical (unpaired) electrons. The van der Waals surface area contributed by atoms with Gasteiger partial charge < -0.3 is 20.7 Å². The maximum absolute atomic E-state index is 12.2. The first kappa shape index (κ1) is 22.9. The Morgan fingerprint density at radius 3 is 2.23 bits per heavy atom. The number of guanidine groups is 1. The van der Waals surface area contributed by atoms with Crippen molar-refractivity contribution in [3.05, 3.63) is 59.7 Å². The predicted octanol–water partition coefficient (Wildman–Crippen LogP) is 3.65. The molecule has 3 rings (SSSR count). The first-order valence-corrected chi connectivity index (χ1v) is 10.3. The second kappa shape index (κ2) is 10.5. The zero-order chi connectivity index (χ0) is 22.3. The molecule has 9 heteroatoms. The van der Waals surface area contributed by atoms with Crippen molar-refractivity contribution in [2.45, 2.75) is 26.4 Å². The van der Waals surface area contributed by atoms with Crippen LogP contribution in [0.2, 0.25) is 0 Å². The Kier molecular flexibility index (Phi) is 7.75. The number of anilines is 1. The van der Waals surface area contributed by atoms with E-state index in [1.165, 1.54) is 29.8 Å². The van der Waals surface area contributed by atoms with Crippen molar-refractivity contribution in [1.82, 2.24) is 9.80 Å². The Morgan fingerprint density at radius 2 is 1.61 bits per heavy atom. The summed E-state index contributed by atoms with van der Waals surface area (Å²) in [6.07, 6.45) is -4.72. The maximum atomic E-state index is 12.2. The van der Waals surface area contributed by atoms with Crippen molar-refractivity contribution in [1.29, 1.82) is 0 Å². The zero-order valence-electron chi connectivity index (χ0n) is 17.5. The van der Waals surface area contributed by atoms with Gasteiger partial charge in [0.15, 0.2) is 5.96 Å². The molecule has 6 nitrogen and oxygen atoms in total. The van der Waals surface area contributed by atoms with Gasteiger partial charge in [-0.15, -0.1) is 13.2 Å². The van der Waals surface area contributed by atoms with Gasteiger partial charge in [0.2, 0.25) is 0 Å². The highest BCUT2D eigenvalue weighted by Gasteiger charge is 2.30. The lowest BCUT2D eigenvalue weighted by Gasteiger charge is -2.34. The molecule has 0 saturated carbocycles. The van der Waals surface area contributed by atoms with Gasteiger partial charge in [-0.25, -0.2) is 4.99 Å². The lowest BCUT2D eigenvalue weighted by molar-refractivity contribution is -0.274. The van der Waals surface area contributed by atoms with Crippen LogP contribution in [0.25, 0.3) is 0 Å². The normalized spacial score (nSPS) is 16.3. The molecule has 0 aliphatic carbocycles. The van der Waals surface area contributed by atoms with Gasteiger partial charge in [-0.1, -0.05) is 31.2 Å². The Labute approximate surface area is 180 Å². The highest BCUT2D eigenvalue weighted by atomic mass is 19.4. The molecule has 0 unspecified atom stereocenters. The smallest absolute Gasteiger partial charge is 0.406 e. The molecule has 0 atom stereocenters. The second-order valence-electron chi connectivity index (χ2n) is 7.38. The number of rotatable bonds is 7. The van der Waals surface area contributed by atoms with Crippen LogP contribution in [-0.2, 0) is 13.1 Å². The molecule has 168 valence electrons. The molecule has 31 heavy (non-hydrogen) atoms. The van der Waals surface area contributed by atoms with Gasteiger partial charge in [-0.3, -0.25) is 4.90 Å². The fourth-order valence-electron chi connectivity index (χ4n) is 3.47. The van der Waals surface area contributed by atoms with Crippen LogP contribution in [0.1, 0.15) is 18.1 Å². The van der Waals surface area contributed by atoms with Gasteiger partial charge in [0.25, 0.3) is 0 Å². The monoisotopic (exact) mass is 435 g/mol. The fourth-order valence-corrected chi connectivity index (χ4v) is 3.47. The summed E-state index contributed by atoms with van der Waals surface area (Å²) in [6, 6.07) is 13.5. The number of piperazine rings is 1. The number of hydrogen-bond acceptors (Lipinski definition) is 4. The molecule has 0 spiro atoms.